The SMILES string of the molecule is C[C@@H](O)CCN1CCNCC1. The summed E-state index contributed by atoms with van der Waals surface area (Å²) in [6, 6.07) is 0. The predicted octanol–water partition coefficient (Wildman–Crippen LogP) is -0.337. The summed E-state index contributed by atoms with van der Waals surface area (Å²) in [5.74, 6) is 0. The molecule has 0 aromatic heterocycles. The van der Waals surface area contributed by atoms with Gasteiger partial charge in [0.1, 0.15) is 0 Å². The molecule has 0 aromatic carbocycles. The number of nitrogens with zero attached hydrogens (tertiary/aromatic N) is 1. The summed E-state index contributed by atoms with van der Waals surface area (Å²) < 4.78 is 0. The van der Waals surface area contributed by atoms with Gasteiger partial charge in [0.05, 0.1) is 6.10 Å². The van der Waals surface area contributed by atoms with E-state index in [0.717, 1.165) is 39.1 Å². The van der Waals surface area contributed by atoms with Crippen LogP contribution in [0.3, 0.4) is 0 Å². The van der Waals surface area contributed by atoms with E-state index in [-0.39, 0.29) is 6.10 Å². The van der Waals surface area contributed by atoms with Gasteiger partial charge in [0.2, 0.25) is 0 Å². The molecule has 1 rings (SSSR count). The van der Waals surface area contributed by atoms with Crippen LogP contribution in [0.1, 0.15) is 13.3 Å². The summed E-state index contributed by atoms with van der Waals surface area (Å²) in [5.41, 5.74) is 0. The minimum atomic E-state index is -0.148. The lowest BCUT2D eigenvalue weighted by Crippen LogP contribution is -2.44. The molecule has 0 bridgehead atoms. The third kappa shape index (κ3) is 3.70. The molecule has 66 valence electrons. The fourth-order valence-corrected chi connectivity index (χ4v) is 1.30. The molecule has 0 unspecified atom stereocenters. The molecule has 2 N–H and O–H groups in total. The van der Waals surface area contributed by atoms with E-state index in [4.69, 9.17) is 5.11 Å². The lowest BCUT2D eigenvalue weighted by molar-refractivity contribution is 0.150. The van der Waals surface area contributed by atoms with Crippen molar-refractivity contribution >= 4 is 0 Å². The van der Waals surface area contributed by atoms with Crippen LogP contribution >= 0.6 is 0 Å². The Morgan fingerprint density at radius 3 is 2.64 bits per heavy atom. The molecular weight excluding hydrogens is 140 g/mol. The molecule has 11 heavy (non-hydrogen) atoms. The minimum absolute atomic E-state index is 0.148. The van der Waals surface area contributed by atoms with Gasteiger partial charge in [-0.25, -0.2) is 0 Å². The number of rotatable bonds is 3. The molecule has 1 atom stereocenters. The van der Waals surface area contributed by atoms with E-state index in [1.54, 1.807) is 0 Å². The Kier molecular flexibility index (Phi) is 3.83. The van der Waals surface area contributed by atoms with Gasteiger partial charge in [0, 0.05) is 32.7 Å². The van der Waals surface area contributed by atoms with Crippen LogP contribution in [0.2, 0.25) is 0 Å². The number of aliphatic hydroxyl groups excluding tert-OH is 1. The van der Waals surface area contributed by atoms with Gasteiger partial charge in [-0.2, -0.15) is 0 Å². The Hall–Kier alpha value is -0.120. The Bertz CT molecular complexity index is 100. The summed E-state index contributed by atoms with van der Waals surface area (Å²) >= 11 is 0. The van der Waals surface area contributed by atoms with E-state index in [9.17, 15) is 0 Å². The number of hydrogen-bond donors (Lipinski definition) is 2. The fourth-order valence-electron chi connectivity index (χ4n) is 1.30. The first-order valence-electron chi connectivity index (χ1n) is 4.40. The number of aliphatic hydroxyl groups is 1. The van der Waals surface area contributed by atoms with Gasteiger partial charge in [-0.05, 0) is 13.3 Å². The van der Waals surface area contributed by atoms with Crippen molar-refractivity contribution in [3.8, 4) is 0 Å². The fraction of sp³-hybridized carbons (Fsp3) is 1.00. The third-order valence-electron chi connectivity index (χ3n) is 2.07. The van der Waals surface area contributed by atoms with Gasteiger partial charge in [0.15, 0.2) is 0 Å². The van der Waals surface area contributed by atoms with Gasteiger partial charge in [-0.15, -0.1) is 0 Å². The Morgan fingerprint density at radius 2 is 2.09 bits per heavy atom. The van der Waals surface area contributed by atoms with Gasteiger partial charge in [-0.3, -0.25) is 0 Å². The zero-order chi connectivity index (χ0) is 8.10. The first kappa shape index (κ1) is 8.97. The monoisotopic (exact) mass is 158 g/mol. The molecule has 1 fully saturated rings. The maximum atomic E-state index is 9.04. The standard InChI is InChI=1S/C8H18N2O/c1-8(11)2-5-10-6-3-9-4-7-10/h8-9,11H,2-7H2,1H3/t8-/m1/s1. The largest absolute Gasteiger partial charge is 0.393 e. The van der Waals surface area contributed by atoms with Crippen molar-refractivity contribution in [2.75, 3.05) is 32.7 Å². The highest BCUT2D eigenvalue weighted by Crippen LogP contribution is 1.96. The van der Waals surface area contributed by atoms with Crippen molar-refractivity contribution in [1.82, 2.24) is 10.2 Å². The van der Waals surface area contributed by atoms with Crippen molar-refractivity contribution in [2.24, 2.45) is 0 Å². The molecule has 0 aliphatic carbocycles. The van der Waals surface area contributed by atoms with E-state index in [0.29, 0.717) is 0 Å². The Balaban J connectivity index is 2.05. The number of piperazine rings is 1. The second kappa shape index (κ2) is 4.70. The van der Waals surface area contributed by atoms with Crippen molar-refractivity contribution in [3.63, 3.8) is 0 Å². The van der Waals surface area contributed by atoms with Gasteiger partial charge in [-0.1, -0.05) is 0 Å². The van der Waals surface area contributed by atoms with E-state index >= 15 is 0 Å². The van der Waals surface area contributed by atoms with Crippen LogP contribution in [0.5, 0.6) is 0 Å². The summed E-state index contributed by atoms with van der Waals surface area (Å²) in [7, 11) is 0. The number of hydrogen-bond acceptors (Lipinski definition) is 3. The first-order valence-corrected chi connectivity index (χ1v) is 4.40. The zero-order valence-electron chi connectivity index (χ0n) is 7.21. The van der Waals surface area contributed by atoms with Crippen LogP contribution in [0, 0.1) is 0 Å². The van der Waals surface area contributed by atoms with Crippen molar-refractivity contribution < 1.29 is 5.11 Å². The maximum absolute atomic E-state index is 9.04. The average molecular weight is 158 g/mol. The summed E-state index contributed by atoms with van der Waals surface area (Å²) in [6.45, 7) is 7.35. The van der Waals surface area contributed by atoms with Gasteiger partial charge >= 0.3 is 0 Å². The van der Waals surface area contributed by atoms with Crippen LogP contribution in [0.15, 0.2) is 0 Å². The highest BCUT2D eigenvalue weighted by atomic mass is 16.3. The Labute approximate surface area is 68.4 Å². The molecule has 0 spiro atoms. The molecule has 0 aromatic rings. The lowest BCUT2D eigenvalue weighted by atomic mass is 10.2. The first-order chi connectivity index (χ1) is 5.29. The normalized spacial score (nSPS) is 23.5. The molecule has 0 saturated carbocycles. The molecule has 0 amide bonds. The van der Waals surface area contributed by atoms with Crippen LogP contribution in [-0.2, 0) is 0 Å². The summed E-state index contributed by atoms with van der Waals surface area (Å²) in [5, 5.41) is 12.3. The van der Waals surface area contributed by atoms with Crippen molar-refractivity contribution in [1.29, 1.82) is 0 Å². The third-order valence-corrected chi connectivity index (χ3v) is 2.07. The molecule has 1 heterocycles. The van der Waals surface area contributed by atoms with Crippen LogP contribution in [0.4, 0.5) is 0 Å². The van der Waals surface area contributed by atoms with Gasteiger partial charge < -0.3 is 15.3 Å². The second-order valence-corrected chi connectivity index (χ2v) is 3.23. The van der Waals surface area contributed by atoms with E-state index in [1.807, 2.05) is 6.92 Å². The number of nitrogens with one attached hydrogen (secondary N) is 1. The quantitative estimate of drug-likeness (QED) is 0.590. The van der Waals surface area contributed by atoms with Crippen LogP contribution in [0.25, 0.3) is 0 Å². The van der Waals surface area contributed by atoms with E-state index in [2.05, 4.69) is 10.2 Å². The summed E-state index contributed by atoms with van der Waals surface area (Å²) in [6.07, 6.45) is 0.755. The van der Waals surface area contributed by atoms with Crippen molar-refractivity contribution in [3.05, 3.63) is 0 Å². The molecule has 1 saturated heterocycles. The molecule has 1 aliphatic heterocycles. The topological polar surface area (TPSA) is 35.5 Å². The smallest absolute Gasteiger partial charge is 0.0524 e. The molecular formula is C8H18N2O. The molecule has 3 heteroatoms. The van der Waals surface area contributed by atoms with Crippen LogP contribution in [-0.4, -0.2) is 48.8 Å². The summed E-state index contributed by atoms with van der Waals surface area (Å²) in [4.78, 5) is 2.39. The predicted molar refractivity (Wildman–Crippen MR) is 45.6 cm³/mol. The van der Waals surface area contributed by atoms with Crippen LogP contribution < -0.4 is 5.32 Å². The highest BCUT2D eigenvalue weighted by Gasteiger charge is 2.09. The highest BCUT2D eigenvalue weighted by molar-refractivity contribution is 4.67. The lowest BCUT2D eigenvalue weighted by Gasteiger charge is -2.27. The van der Waals surface area contributed by atoms with Gasteiger partial charge in [0.25, 0.3) is 0 Å². The average Bonchev–Trinajstić information content (AvgIpc) is 2.03. The van der Waals surface area contributed by atoms with E-state index in [1.165, 1.54) is 0 Å². The zero-order valence-corrected chi connectivity index (χ0v) is 7.21. The van der Waals surface area contributed by atoms with Crippen molar-refractivity contribution in [2.45, 2.75) is 19.4 Å². The molecule has 0 radical (unpaired) electrons. The second-order valence-electron chi connectivity index (χ2n) is 3.23. The van der Waals surface area contributed by atoms with E-state index < -0.39 is 0 Å². The minimum Gasteiger partial charge on any atom is -0.393 e. The molecule has 3 nitrogen and oxygen atoms in total. The Morgan fingerprint density at radius 1 is 1.45 bits per heavy atom. The maximum Gasteiger partial charge on any atom is 0.0524 e. The molecule has 1 aliphatic rings.